The van der Waals surface area contributed by atoms with Gasteiger partial charge in [-0.05, 0) is 46.3 Å². The van der Waals surface area contributed by atoms with Crippen LogP contribution in [0.25, 0.3) is 0 Å². The zero-order valence-corrected chi connectivity index (χ0v) is 11.3. The van der Waals surface area contributed by atoms with Gasteiger partial charge in [0.25, 0.3) is 0 Å². The van der Waals surface area contributed by atoms with Crippen molar-refractivity contribution in [2.24, 2.45) is 0 Å². The molecule has 0 atom stereocenters. The molecule has 0 fully saturated rings. The molecule has 0 saturated heterocycles. The summed E-state index contributed by atoms with van der Waals surface area (Å²) in [4.78, 5) is 0. The summed E-state index contributed by atoms with van der Waals surface area (Å²) >= 11 is 3.40. The predicted molar refractivity (Wildman–Crippen MR) is 73.2 cm³/mol. The lowest BCUT2D eigenvalue weighted by atomic mass is 10.3. The lowest BCUT2D eigenvalue weighted by Gasteiger charge is -2.09. The molecule has 1 N–H and O–H groups in total. The number of rotatable bonds is 5. The van der Waals surface area contributed by atoms with Crippen LogP contribution in [-0.4, -0.2) is 18.3 Å². The molecule has 0 unspecified atom stereocenters. The zero-order valence-electron chi connectivity index (χ0n) is 9.67. The van der Waals surface area contributed by atoms with E-state index in [0.717, 1.165) is 16.0 Å². The molecule has 0 aliphatic carbocycles. The molecule has 18 heavy (non-hydrogen) atoms. The van der Waals surface area contributed by atoms with E-state index in [4.69, 9.17) is 14.6 Å². The van der Waals surface area contributed by atoms with Crippen molar-refractivity contribution >= 4 is 15.9 Å². The highest BCUT2D eigenvalue weighted by atomic mass is 79.9. The second-order valence-electron chi connectivity index (χ2n) is 3.58. The number of hydrogen-bond acceptors (Lipinski definition) is 3. The van der Waals surface area contributed by atoms with Gasteiger partial charge in [-0.2, -0.15) is 0 Å². The molecular weight excluding hydrogens is 296 g/mol. The SMILES string of the molecule is OCCOc1ccc(Oc2ccccc2)cc1Br. The molecule has 0 amide bonds. The second kappa shape index (κ2) is 6.42. The van der Waals surface area contributed by atoms with Gasteiger partial charge in [0, 0.05) is 0 Å². The summed E-state index contributed by atoms with van der Waals surface area (Å²) < 4.78 is 11.8. The van der Waals surface area contributed by atoms with Crippen LogP contribution in [0.5, 0.6) is 17.2 Å². The molecule has 2 aromatic rings. The third kappa shape index (κ3) is 3.48. The summed E-state index contributed by atoms with van der Waals surface area (Å²) in [5, 5.41) is 8.70. The fourth-order valence-electron chi connectivity index (χ4n) is 1.44. The minimum Gasteiger partial charge on any atom is -0.490 e. The molecule has 2 rings (SSSR count). The van der Waals surface area contributed by atoms with Crippen LogP contribution in [-0.2, 0) is 0 Å². The molecule has 0 radical (unpaired) electrons. The van der Waals surface area contributed by atoms with Gasteiger partial charge in [0.1, 0.15) is 23.9 Å². The van der Waals surface area contributed by atoms with Gasteiger partial charge >= 0.3 is 0 Å². The van der Waals surface area contributed by atoms with E-state index < -0.39 is 0 Å². The highest BCUT2D eigenvalue weighted by Gasteiger charge is 2.04. The molecule has 0 heterocycles. The number of halogens is 1. The van der Waals surface area contributed by atoms with Gasteiger partial charge in [0.15, 0.2) is 0 Å². The van der Waals surface area contributed by atoms with Crippen molar-refractivity contribution in [2.75, 3.05) is 13.2 Å². The second-order valence-corrected chi connectivity index (χ2v) is 4.43. The Hall–Kier alpha value is -1.52. The minimum atomic E-state index is -0.00525. The molecule has 0 saturated carbocycles. The van der Waals surface area contributed by atoms with Gasteiger partial charge in [-0.15, -0.1) is 0 Å². The van der Waals surface area contributed by atoms with Gasteiger partial charge in [0.2, 0.25) is 0 Å². The van der Waals surface area contributed by atoms with E-state index in [1.807, 2.05) is 42.5 Å². The summed E-state index contributed by atoms with van der Waals surface area (Å²) in [6, 6.07) is 15.0. The smallest absolute Gasteiger partial charge is 0.133 e. The van der Waals surface area contributed by atoms with E-state index in [1.54, 1.807) is 6.07 Å². The van der Waals surface area contributed by atoms with E-state index >= 15 is 0 Å². The molecule has 0 aliphatic heterocycles. The van der Waals surface area contributed by atoms with Gasteiger partial charge in [0.05, 0.1) is 11.1 Å². The van der Waals surface area contributed by atoms with Crippen LogP contribution in [0.15, 0.2) is 53.0 Å². The first-order valence-electron chi connectivity index (χ1n) is 5.55. The van der Waals surface area contributed by atoms with E-state index in [9.17, 15) is 0 Å². The highest BCUT2D eigenvalue weighted by Crippen LogP contribution is 2.31. The van der Waals surface area contributed by atoms with Crippen molar-refractivity contribution in [3.63, 3.8) is 0 Å². The molecule has 0 aromatic heterocycles. The maximum Gasteiger partial charge on any atom is 0.133 e. The normalized spacial score (nSPS) is 10.1. The van der Waals surface area contributed by atoms with Gasteiger partial charge < -0.3 is 14.6 Å². The fraction of sp³-hybridized carbons (Fsp3) is 0.143. The monoisotopic (exact) mass is 308 g/mol. The Morgan fingerprint density at radius 3 is 2.44 bits per heavy atom. The maximum absolute atomic E-state index is 8.70. The standard InChI is InChI=1S/C14H13BrO3/c15-13-10-12(6-7-14(13)17-9-8-16)18-11-4-2-1-3-5-11/h1-7,10,16H,8-9H2. The van der Waals surface area contributed by atoms with Crippen LogP contribution in [0.2, 0.25) is 0 Å². The topological polar surface area (TPSA) is 38.7 Å². The Morgan fingerprint density at radius 1 is 1.00 bits per heavy atom. The summed E-state index contributed by atoms with van der Waals surface area (Å²) in [7, 11) is 0. The largest absolute Gasteiger partial charge is 0.490 e. The van der Waals surface area contributed by atoms with Crippen LogP contribution in [0, 0.1) is 0 Å². The average molecular weight is 309 g/mol. The fourth-order valence-corrected chi connectivity index (χ4v) is 1.91. The Labute approximate surface area is 114 Å². The Balaban J connectivity index is 2.09. The summed E-state index contributed by atoms with van der Waals surface area (Å²) in [6.45, 7) is 0.270. The third-order valence-corrected chi connectivity index (χ3v) is 2.85. The van der Waals surface area contributed by atoms with Crippen LogP contribution in [0.3, 0.4) is 0 Å². The van der Waals surface area contributed by atoms with Crippen LogP contribution < -0.4 is 9.47 Å². The van der Waals surface area contributed by atoms with E-state index in [1.165, 1.54) is 0 Å². The Bertz CT molecular complexity index is 500. The quantitative estimate of drug-likeness (QED) is 0.917. The first-order chi connectivity index (χ1) is 8.79. The minimum absolute atomic E-state index is 0.00525. The van der Waals surface area contributed by atoms with Crippen LogP contribution >= 0.6 is 15.9 Å². The maximum atomic E-state index is 8.70. The third-order valence-electron chi connectivity index (χ3n) is 2.23. The van der Waals surface area contributed by atoms with Gasteiger partial charge in [-0.25, -0.2) is 0 Å². The number of ether oxygens (including phenoxy) is 2. The van der Waals surface area contributed by atoms with Crippen molar-refractivity contribution in [1.29, 1.82) is 0 Å². The van der Waals surface area contributed by atoms with Crippen LogP contribution in [0.1, 0.15) is 0 Å². The predicted octanol–water partition coefficient (Wildman–Crippen LogP) is 3.61. The Kier molecular flexibility index (Phi) is 4.61. The molecule has 0 spiro atoms. The number of benzene rings is 2. The van der Waals surface area contributed by atoms with Gasteiger partial charge in [-0.3, -0.25) is 0 Å². The summed E-state index contributed by atoms with van der Waals surface area (Å²) in [5.74, 6) is 2.20. The van der Waals surface area contributed by atoms with E-state index in [-0.39, 0.29) is 13.2 Å². The van der Waals surface area contributed by atoms with E-state index in [0.29, 0.717) is 5.75 Å². The summed E-state index contributed by atoms with van der Waals surface area (Å²) in [5.41, 5.74) is 0. The van der Waals surface area contributed by atoms with Crippen molar-refractivity contribution in [3.8, 4) is 17.2 Å². The van der Waals surface area contributed by atoms with E-state index in [2.05, 4.69) is 15.9 Å². The lowest BCUT2D eigenvalue weighted by Crippen LogP contribution is -2.01. The number of hydrogen-bond donors (Lipinski definition) is 1. The molecule has 0 aliphatic rings. The summed E-state index contributed by atoms with van der Waals surface area (Å²) in [6.07, 6.45) is 0. The number of para-hydroxylation sites is 1. The molecule has 94 valence electrons. The zero-order chi connectivity index (χ0) is 12.8. The first kappa shape index (κ1) is 12.9. The molecule has 3 nitrogen and oxygen atoms in total. The first-order valence-corrected chi connectivity index (χ1v) is 6.35. The molecular formula is C14H13BrO3. The molecule has 2 aromatic carbocycles. The molecule has 0 bridgehead atoms. The number of aliphatic hydroxyl groups is 1. The van der Waals surface area contributed by atoms with Crippen LogP contribution in [0.4, 0.5) is 0 Å². The Morgan fingerprint density at radius 2 is 1.78 bits per heavy atom. The van der Waals surface area contributed by atoms with Gasteiger partial charge in [-0.1, -0.05) is 18.2 Å². The van der Waals surface area contributed by atoms with Crippen molar-refractivity contribution < 1.29 is 14.6 Å². The average Bonchev–Trinajstić information content (AvgIpc) is 2.39. The van der Waals surface area contributed by atoms with Crippen molar-refractivity contribution in [1.82, 2.24) is 0 Å². The van der Waals surface area contributed by atoms with Crippen molar-refractivity contribution in [2.45, 2.75) is 0 Å². The molecule has 4 heteroatoms. The lowest BCUT2D eigenvalue weighted by molar-refractivity contribution is 0.200. The van der Waals surface area contributed by atoms with Crippen molar-refractivity contribution in [3.05, 3.63) is 53.0 Å². The highest BCUT2D eigenvalue weighted by molar-refractivity contribution is 9.10. The number of aliphatic hydroxyl groups excluding tert-OH is 1.